The Balaban J connectivity index is 1.72. The molecule has 0 bridgehead atoms. The van der Waals surface area contributed by atoms with Crippen molar-refractivity contribution in [3.8, 4) is 0 Å². The van der Waals surface area contributed by atoms with E-state index in [4.69, 9.17) is 4.42 Å². The molecule has 92 valence electrons. The van der Waals surface area contributed by atoms with Crippen LogP contribution in [0.5, 0.6) is 0 Å². The fraction of sp³-hybridized carbons (Fsp3) is 0.167. The van der Waals surface area contributed by atoms with Crippen LogP contribution in [0.1, 0.15) is 11.3 Å². The van der Waals surface area contributed by atoms with Gasteiger partial charge in [0.2, 0.25) is 0 Å². The van der Waals surface area contributed by atoms with Crippen LogP contribution < -0.4 is 5.32 Å². The molecule has 5 nitrogen and oxygen atoms in total. The van der Waals surface area contributed by atoms with Crippen molar-refractivity contribution < 1.29 is 4.42 Å². The Bertz CT molecular complexity index is 647. The standard InChI is InChI=1S/C12H11BrN4O/c13-11-7-17-10(5-16-12(17)6-15-11)4-14-3-9-1-2-18-8-9/h1-2,5-8,14H,3-4H2. The molecule has 18 heavy (non-hydrogen) atoms. The summed E-state index contributed by atoms with van der Waals surface area (Å²) in [6.45, 7) is 1.51. The highest BCUT2D eigenvalue weighted by Crippen LogP contribution is 2.10. The number of hydrogen-bond donors (Lipinski definition) is 1. The van der Waals surface area contributed by atoms with E-state index in [9.17, 15) is 0 Å². The zero-order valence-corrected chi connectivity index (χ0v) is 11.1. The Kier molecular flexibility index (Phi) is 3.12. The van der Waals surface area contributed by atoms with E-state index >= 15 is 0 Å². The minimum Gasteiger partial charge on any atom is -0.472 e. The molecule has 0 radical (unpaired) electrons. The number of fused-ring (bicyclic) bond motifs is 1. The summed E-state index contributed by atoms with van der Waals surface area (Å²) in [7, 11) is 0. The Hall–Kier alpha value is -1.66. The minimum absolute atomic E-state index is 0.739. The van der Waals surface area contributed by atoms with Crippen molar-refractivity contribution >= 4 is 21.6 Å². The smallest absolute Gasteiger partial charge is 0.155 e. The van der Waals surface area contributed by atoms with Gasteiger partial charge in [-0.3, -0.25) is 4.40 Å². The summed E-state index contributed by atoms with van der Waals surface area (Å²) in [5.41, 5.74) is 3.07. The maximum atomic E-state index is 5.02. The van der Waals surface area contributed by atoms with Crippen LogP contribution in [-0.4, -0.2) is 14.4 Å². The van der Waals surface area contributed by atoms with Crippen LogP contribution in [0.4, 0.5) is 0 Å². The molecule has 3 heterocycles. The lowest BCUT2D eigenvalue weighted by Crippen LogP contribution is -2.13. The SMILES string of the molecule is Brc1cn2c(CNCc3ccoc3)cnc2cn1. The van der Waals surface area contributed by atoms with E-state index in [1.54, 1.807) is 18.7 Å². The second-order valence-electron chi connectivity index (χ2n) is 3.92. The van der Waals surface area contributed by atoms with E-state index in [-0.39, 0.29) is 0 Å². The van der Waals surface area contributed by atoms with Gasteiger partial charge in [0.05, 0.1) is 30.6 Å². The molecule has 0 aromatic carbocycles. The van der Waals surface area contributed by atoms with E-state index < -0.39 is 0 Å². The van der Waals surface area contributed by atoms with Crippen LogP contribution in [-0.2, 0) is 13.1 Å². The predicted molar refractivity (Wildman–Crippen MR) is 69.9 cm³/mol. The molecular weight excluding hydrogens is 296 g/mol. The predicted octanol–water partition coefficient (Wildman–Crippen LogP) is 2.37. The molecule has 0 spiro atoms. The second-order valence-corrected chi connectivity index (χ2v) is 4.74. The highest BCUT2D eigenvalue weighted by molar-refractivity contribution is 9.10. The first-order valence-electron chi connectivity index (χ1n) is 5.52. The van der Waals surface area contributed by atoms with E-state index in [1.165, 1.54) is 0 Å². The third kappa shape index (κ3) is 2.30. The van der Waals surface area contributed by atoms with Gasteiger partial charge >= 0.3 is 0 Å². The van der Waals surface area contributed by atoms with E-state index in [2.05, 4.69) is 31.2 Å². The van der Waals surface area contributed by atoms with Crippen LogP contribution in [0.3, 0.4) is 0 Å². The van der Waals surface area contributed by atoms with Crippen molar-refractivity contribution in [3.63, 3.8) is 0 Å². The van der Waals surface area contributed by atoms with Crippen LogP contribution >= 0.6 is 15.9 Å². The molecule has 0 aliphatic rings. The average Bonchev–Trinajstić information content (AvgIpc) is 2.99. The third-order valence-electron chi connectivity index (χ3n) is 2.66. The first-order valence-corrected chi connectivity index (χ1v) is 6.31. The van der Waals surface area contributed by atoms with Crippen molar-refractivity contribution in [1.29, 1.82) is 0 Å². The molecule has 1 N–H and O–H groups in total. The number of hydrogen-bond acceptors (Lipinski definition) is 4. The fourth-order valence-electron chi connectivity index (χ4n) is 1.77. The normalized spacial score (nSPS) is 11.2. The lowest BCUT2D eigenvalue weighted by atomic mass is 10.3. The zero-order valence-electron chi connectivity index (χ0n) is 9.51. The number of nitrogens with one attached hydrogen (secondary N) is 1. The molecule has 0 atom stereocenters. The molecule has 3 aromatic rings. The van der Waals surface area contributed by atoms with Gasteiger partial charge in [-0.2, -0.15) is 0 Å². The Morgan fingerprint density at radius 2 is 2.22 bits per heavy atom. The Labute approximate surface area is 112 Å². The van der Waals surface area contributed by atoms with E-state index in [0.29, 0.717) is 0 Å². The fourth-order valence-corrected chi connectivity index (χ4v) is 2.08. The summed E-state index contributed by atoms with van der Waals surface area (Å²) in [6, 6.07) is 1.95. The van der Waals surface area contributed by atoms with Crippen LogP contribution in [0.2, 0.25) is 0 Å². The number of halogens is 1. The van der Waals surface area contributed by atoms with Crippen LogP contribution in [0.15, 0.2) is 46.2 Å². The molecule has 0 aliphatic heterocycles. The molecule has 0 aliphatic carbocycles. The molecule has 0 saturated heterocycles. The van der Waals surface area contributed by atoms with Crippen LogP contribution in [0.25, 0.3) is 5.65 Å². The van der Waals surface area contributed by atoms with Gasteiger partial charge < -0.3 is 9.73 Å². The van der Waals surface area contributed by atoms with Crippen molar-refractivity contribution in [2.75, 3.05) is 0 Å². The number of nitrogens with zero attached hydrogens (tertiary/aromatic N) is 3. The van der Waals surface area contributed by atoms with E-state index in [0.717, 1.165) is 34.6 Å². The summed E-state index contributed by atoms with van der Waals surface area (Å²) in [4.78, 5) is 8.44. The average molecular weight is 307 g/mol. The van der Waals surface area contributed by atoms with Crippen molar-refractivity contribution in [2.24, 2.45) is 0 Å². The van der Waals surface area contributed by atoms with Gasteiger partial charge in [0, 0.05) is 24.8 Å². The summed E-state index contributed by atoms with van der Waals surface area (Å²) >= 11 is 3.36. The van der Waals surface area contributed by atoms with Gasteiger partial charge in [0.1, 0.15) is 4.60 Å². The first kappa shape index (κ1) is 11.4. The molecular formula is C12H11BrN4O. The summed E-state index contributed by atoms with van der Waals surface area (Å²) in [5.74, 6) is 0. The number of aromatic nitrogens is 3. The third-order valence-corrected chi connectivity index (χ3v) is 3.07. The van der Waals surface area contributed by atoms with Gasteiger partial charge in [-0.15, -0.1) is 0 Å². The molecule has 0 unspecified atom stereocenters. The largest absolute Gasteiger partial charge is 0.472 e. The molecule has 3 rings (SSSR count). The maximum Gasteiger partial charge on any atom is 0.155 e. The Morgan fingerprint density at radius 1 is 1.28 bits per heavy atom. The lowest BCUT2D eigenvalue weighted by molar-refractivity contribution is 0.560. The summed E-state index contributed by atoms with van der Waals surface area (Å²) in [6.07, 6.45) is 8.92. The molecule has 6 heteroatoms. The van der Waals surface area contributed by atoms with Gasteiger partial charge in [-0.1, -0.05) is 0 Å². The highest BCUT2D eigenvalue weighted by Gasteiger charge is 2.04. The summed E-state index contributed by atoms with van der Waals surface area (Å²) < 4.78 is 7.82. The maximum absolute atomic E-state index is 5.02. The van der Waals surface area contributed by atoms with Crippen molar-refractivity contribution in [1.82, 2.24) is 19.7 Å². The molecule has 3 aromatic heterocycles. The molecule has 0 fully saturated rings. The Morgan fingerprint density at radius 3 is 3.06 bits per heavy atom. The number of rotatable bonds is 4. The summed E-state index contributed by atoms with van der Waals surface area (Å²) in [5, 5.41) is 3.35. The van der Waals surface area contributed by atoms with E-state index in [1.807, 2.05) is 22.9 Å². The highest BCUT2D eigenvalue weighted by atomic mass is 79.9. The topological polar surface area (TPSA) is 55.4 Å². The van der Waals surface area contributed by atoms with Gasteiger partial charge in [-0.25, -0.2) is 9.97 Å². The molecule has 0 amide bonds. The monoisotopic (exact) mass is 306 g/mol. The van der Waals surface area contributed by atoms with Crippen LogP contribution in [0, 0.1) is 0 Å². The molecule has 0 saturated carbocycles. The number of furan rings is 1. The first-order chi connectivity index (χ1) is 8.83. The quantitative estimate of drug-likeness (QED) is 0.804. The zero-order chi connectivity index (χ0) is 12.4. The van der Waals surface area contributed by atoms with Crippen molar-refractivity contribution in [2.45, 2.75) is 13.1 Å². The number of imidazole rings is 1. The van der Waals surface area contributed by atoms with Gasteiger partial charge in [-0.05, 0) is 22.0 Å². The van der Waals surface area contributed by atoms with Gasteiger partial charge in [0.25, 0.3) is 0 Å². The van der Waals surface area contributed by atoms with Gasteiger partial charge in [0.15, 0.2) is 5.65 Å². The van der Waals surface area contributed by atoms with Crippen molar-refractivity contribution in [3.05, 3.63) is 53.0 Å². The minimum atomic E-state index is 0.739. The lowest BCUT2D eigenvalue weighted by Gasteiger charge is -2.03. The second kappa shape index (κ2) is 4.91.